The van der Waals surface area contributed by atoms with Crippen molar-refractivity contribution >= 4 is 45.8 Å². The molecule has 2 saturated heterocycles. The molecule has 2 heterocycles. The molecule has 1 aromatic rings. The summed E-state index contributed by atoms with van der Waals surface area (Å²) >= 11 is 6.04. The van der Waals surface area contributed by atoms with Crippen molar-refractivity contribution in [2.75, 3.05) is 19.7 Å². The van der Waals surface area contributed by atoms with E-state index < -0.39 is 24.1 Å². The van der Waals surface area contributed by atoms with Crippen molar-refractivity contribution < 1.29 is 29.0 Å². The van der Waals surface area contributed by atoms with Gasteiger partial charge in [0.15, 0.2) is 10.4 Å². The monoisotopic (exact) mass is 617 g/mol. The lowest BCUT2D eigenvalue weighted by Crippen LogP contribution is -2.53. The number of hydrogen-bond acceptors (Lipinski definition) is 6. The zero-order chi connectivity index (χ0) is 30.3. The van der Waals surface area contributed by atoms with Crippen molar-refractivity contribution in [2.45, 2.75) is 95.4 Å². The lowest BCUT2D eigenvalue weighted by atomic mass is 9.82. The Labute approximate surface area is 256 Å². The van der Waals surface area contributed by atoms with Gasteiger partial charge in [0.2, 0.25) is 17.7 Å². The van der Waals surface area contributed by atoms with Crippen LogP contribution in [0, 0.1) is 11.8 Å². The van der Waals surface area contributed by atoms with Crippen LogP contribution in [-0.2, 0) is 25.7 Å². The number of aliphatic hydroxyl groups excluding tert-OH is 1. The SMILES string of the molecule is CC(=O)N1CCC2(CC1)CC(CC(CO)NC(=O)[C@H](CC1CCCCC1)N([Si])C(=O)OCc1cccc(Cl)c1)C(=O)N2. The predicted molar refractivity (Wildman–Crippen MR) is 158 cm³/mol. The van der Waals surface area contributed by atoms with Gasteiger partial charge in [0.25, 0.3) is 0 Å². The Kier molecular flexibility index (Phi) is 11.3. The summed E-state index contributed by atoms with van der Waals surface area (Å²) in [5.74, 6) is -0.555. The number of amides is 4. The summed E-state index contributed by atoms with van der Waals surface area (Å²) in [7, 11) is 3.38. The second-order valence-corrected chi connectivity index (χ2v) is 13.0. The summed E-state index contributed by atoms with van der Waals surface area (Å²) in [6.45, 7) is 2.41. The molecule has 3 aliphatic rings. The first-order valence-corrected chi connectivity index (χ1v) is 15.8. The maximum Gasteiger partial charge on any atom is 0.402 e. The van der Waals surface area contributed by atoms with Crippen molar-refractivity contribution in [2.24, 2.45) is 11.8 Å². The maximum absolute atomic E-state index is 13.6. The van der Waals surface area contributed by atoms with Crippen molar-refractivity contribution in [3.8, 4) is 0 Å². The van der Waals surface area contributed by atoms with Crippen molar-refractivity contribution in [1.29, 1.82) is 0 Å². The first-order chi connectivity index (χ1) is 20.1. The van der Waals surface area contributed by atoms with Crippen molar-refractivity contribution in [3.05, 3.63) is 34.9 Å². The number of hydrogen-bond donors (Lipinski definition) is 3. The molecule has 12 heteroatoms. The number of rotatable bonds is 10. The molecule has 1 aromatic carbocycles. The number of nitrogens with one attached hydrogen (secondary N) is 2. The van der Waals surface area contributed by atoms with Gasteiger partial charge in [-0.3, -0.25) is 14.4 Å². The van der Waals surface area contributed by atoms with Crippen LogP contribution >= 0.6 is 11.6 Å². The van der Waals surface area contributed by atoms with Gasteiger partial charge in [0, 0.05) is 36.5 Å². The molecule has 4 amide bonds. The standard InChI is InChI=1S/C30H42ClN4O6Si/c1-20(37)34-12-10-30(11-13-34)17-23(27(38)33-30)16-25(18-36)32-28(39)26(15-21-6-3-2-4-7-21)35(42)29(40)41-19-22-8-5-9-24(31)14-22/h5,8-9,14,21,23,25-26,36H,2-4,6-7,10-13,15-19H2,1H3,(H,32,39)(H,33,38)/t23?,25?,26-/m0/s1. The normalized spacial score (nSPS) is 21.9. The summed E-state index contributed by atoms with van der Waals surface area (Å²) < 4.78 is 6.63. The molecule has 10 nitrogen and oxygen atoms in total. The quantitative estimate of drug-likeness (QED) is 0.346. The van der Waals surface area contributed by atoms with Crippen LogP contribution in [0.4, 0.5) is 4.79 Å². The number of carbonyl (C=O) groups excluding carboxylic acids is 4. The number of aliphatic hydroxyl groups is 1. The van der Waals surface area contributed by atoms with Crippen LogP contribution in [0.2, 0.25) is 5.02 Å². The molecule has 3 radical (unpaired) electrons. The minimum Gasteiger partial charge on any atom is -0.445 e. The van der Waals surface area contributed by atoms with E-state index in [9.17, 15) is 24.3 Å². The third-order valence-electron chi connectivity index (χ3n) is 9.04. The third-order valence-corrected chi connectivity index (χ3v) is 9.77. The average molecular weight is 618 g/mol. The van der Waals surface area contributed by atoms with E-state index in [2.05, 4.69) is 21.0 Å². The van der Waals surface area contributed by atoms with Gasteiger partial charge in [0.05, 0.1) is 12.6 Å². The van der Waals surface area contributed by atoms with Crippen LogP contribution in [-0.4, -0.2) is 86.1 Å². The topological polar surface area (TPSA) is 128 Å². The molecule has 0 aromatic heterocycles. The molecule has 2 aliphatic heterocycles. The molecule has 2 unspecified atom stereocenters. The highest BCUT2D eigenvalue weighted by Crippen LogP contribution is 2.36. The van der Waals surface area contributed by atoms with Crippen molar-refractivity contribution in [3.63, 3.8) is 0 Å². The summed E-state index contributed by atoms with van der Waals surface area (Å²) in [5.41, 5.74) is 0.365. The molecular formula is C30H42ClN4O6Si. The molecule has 1 saturated carbocycles. The van der Waals surface area contributed by atoms with Crippen LogP contribution in [0.1, 0.15) is 76.7 Å². The molecule has 229 valence electrons. The summed E-state index contributed by atoms with van der Waals surface area (Å²) in [6, 6.07) is 5.50. The largest absolute Gasteiger partial charge is 0.445 e. The Morgan fingerprint density at radius 2 is 1.93 bits per heavy atom. The average Bonchev–Trinajstić information content (AvgIpc) is 3.27. The van der Waals surface area contributed by atoms with Gasteiger partial charge in [0.1, 0.15) is 12.6 Å². The number of carbonyl (C=O) groups is 4. The third kappa shape index (κ3) is 8.47. The Hall–Kier alpha value is -2.63. The van der Waals surface area contributed by atoms with Crippen molar-refractivity contribution in [1.82, 2.24) is 20.1 Å². The highest BCUT2D eigenvalue weighted by atomic mass is 35.5. The highest BCUT2D eigenvalue weighted by Gasteiger charge is 2.46. The smallest absolute Gasteiger partial charge is 0.402 e. The number of piperidine rings is 1. The van der Waals surface area contributed by atoms with Crippen LogP contribution in [0.3, 0.4) is 0 Å². The lowest BCUT2D eigenvalue weighted by Gasteiger charge is -2.39. The molecule has 3 N–H and O–H groups in total. The molecule has 1 aliphatic carbocycles. The molecule has 3 atom stereocenters. The number of halogens is 1. The zero-order valence-corrected chi connectivity index (χ0v) is 26.0. The first-order valence-electron chi connectivity index (χ1n) is 15.0. The van der Waals surface area contributed by atoms with E-state index in [1.807, 2.05) is 0 Å². The van der Waals surface area contributed by atoms with E-state index in [-0.39, 0.29) is 48.8 Å². The molecule has 3 fully saturated rings. The highest BCUT2D eigenvalue weighted by molar-refractivity contribution is 6.30. The fourth-order valence-electron chi connectivity index (χ4n) is 6.60. The molecule has 1 spiro atoms. The number of nitrogens with zero attached hydrogens (tertiary/aromatic N) is 2. The minimum atomic E-state index is -0.856. The van der Waals surface area contributed by atoms with E-state index in [4.69, 9.17) is 16.3 Å². The first kappa shape index (κ1) is 32.3. The van der Waals surface area contributed by atoms with Crippen LogP contribution in [0.15, 0.2) is 24.3 Å². The van der Waals surface area contributed by atoms with Gasteiger partial charge in [-0.05, 0) is 55.7 Å². The Bertz CT molecular complexity index is 1120. The fourth-order valence-corrected chi connectivity index (χ4v) is 7.10. The van der Waals surface area contributed by atoms with E-state index in [0.717, 1.165) is 42.2 Å². The maximum atomic E-state index is 13.6. The van der Waals surface area contributed by atoms with E-state index in [1.54, 1.807) is 36.1 Å². The Balaban J connectivity index is 1.38. The van der Waals surface area contributed by atoms with Gasteiger partial charge in [-0.1, -0.05) is 55.8 Å². The number of benzene rings is 1. The van der Waals surface area contributed by atoms with E-state index >= 15 is 0 Å². The second-order valence-electron chi connectivity index (χ2n) is 12.1. The minimum absolute atomic E-state index is 0.000123. The molecule has 42 heavy (non-hydrogen) atoms. The fraction of sp³-hybridized carbons (Fsp3) is 0.667. The lowest BCUT2D eigenvalue weighted by molar-refractivity contribution is -0.130. The number of likely N-dealkylation sites (tertiary alicyclic amines) is 1. The van der Waals surface area contributed by atoms with Gasteiger partial charge in [-0.25, -0.2) is 4.79 Å². The zero-order valence-electron chi connectivity index (χ0n) is 24.3. The summed E-state index contributed by atoms with van der Waals surface area (Å²) in [6.07, 6.45) is 7.30. The van der Waals surface area contributed by atoms with Gasteiger partial charge < -0.3 is 29.9 Å². The Morgan fingerprint density at radius 1 is 1.21 bits per heavy atom. The Morgan fingerprint density at radius 3 is 2.57 bits per heavy atom. The number of ether oxygens (including phenoxy) is 1. The molecular weight excluding hydrogens is 576 g/mol. The van der Waals surface area contributed by atoms with E-state index in [1.165, 1.54) is 0 Å². The molecule has 4 rings (SSSR count). The van der Waals surface area contributed by atoms with Gasteiger partial charge in [-0.2, -0.15) is 0 Å². The summed E-state index contributed by atoms with van der Waals surface area (Å²) in [5, 5.41) is 16.8. The van der Waals surface area contributed by atoms with Crippen LogP contribution in [0.5, 0.6) is 0 Å². The molecule has 0 bridgehead atoms. The van der Waals surface area contributed by atoms with E-state index in [0.29, 0.717) is 43.8 Å². The van der Waals surface area contributed by atoms with Crippen LogP contribution in [0.25, 0.3) is 0 Å². The van der Waals surface area contributed by atoms with Gasteiger partial charge >= 0.3 is 6.09 Å². The van der Waals surface area contributed by atoms with Gasteiger partial charge in [-0.15, -0.1) is 0 Å². The van der Waals surface area contributed by atoms with Crippen LogP contribution < -0.4 is 10.6 Å². The second kappa shape index (κ2) is 14.7. The predicted octanol–water partition coefficient (Wildman–Crippen LogP) is 3.09. The summed E-state index contributed by atoms with van der Waals surface area (Å²) in [4.78, 5) is 53.1.